The van der Waals surface area contributed by atoms with Gasteiger partial charge < -0.3 is 14.5 Å². The summed E-state index contributed by atoms with van der Waals surface area (Å²) in [6.07, 6.45) is -3.22. The van der Waals surface area contributed by atoms with Gasteiger partial charge in [-0.2, -0.15) is 13.2 Å². The standard InChI is InChI=1S/C23H24F3N3O3/c1-31-12-11-27-22(30)20-16-32-21(28-20)15-29(13-17-7-3-2-4-8-17)14-18-9-5-6-10-19(18)23(24,25)26/h2-10,16H,11-15H2,1H3,(H,27,30). The summed E-state index contributed by atoms with van der Waals surface area (Å²) in [6.45, 7) is 1.23. The second kappa shape index (κ2) is 10.9. The minimum atomic E-state index is -4.45. The number of nitrogens with zero attached hydrogens (tertiary/aromatic N) is 2. The largest absolute Gasteiger partial charge is 0.447 e. The van der Waals surface area contributed by atoms with Crippen LogP contribution in [0.3, 0.4) is 0 Å². The lowest BCUT2D eigenvalue weighted by atomic mass is 10.1. The van der Waals surface area contributed by atoms with Crippen LogP contribution < -0.4 is 5.32 Å². The lowest BCUT2D eigenvalue weighted by Gasteiger charge is -2.23. The molecule has 0 saturated carbocycles. The number of hydrogen-bond acceptors (Lipinski definition) is 5. The molecule has 6 nitrogen and oxygen atoms in total. The molecule has 0 atom stereocenters. The molecule has 0 fully saturated rings. The topological polar surface area (TPSA) is 67.6 Å². The van der Waals surface area contributed by atoms with Crippen molar-refractivity contribution >= 4 is 5.91 Å². The second-order valence-corrected chi connectivity index (χ2v) is 7.16. The number of methoxy groups -OCH3 is 1. The number of alkyl halides is 3. The van der Waals surface area contributed by atoms with E-state index in [4.69, 9.17) is 9.15 Å². The van der Waals surface area contributed by atoms with E-state index < -0.39 is 17.6 Å². The van der Waals surface area contributed by atoms with Gasteiger partial charge in [-0.15, -0.1) is 0 Å². The minimum Gasteiger partial charge on any atom is -0.447 e. The van der Waals surface area contributed by atoms with Gasteiger partial charge in [-0.1, -0.05) is 48.5 Å². The summed E-state index contributed by atoms with van der Waals surface area (Å²) in [6, 6.07) is 14.9. The van der Waals surface area contributed by atoms with Crippen molar-refractivity contribution in [3.63, 3.8) is 0 Å². The molecule has 1 N–H and O–H groups in total. The van der Waals surface area contributed by atoms with Gasteiger partial charge in [-0.3, -0.25) is 9.69 Å². The quantitative estimate of drug-likeness (QED) is 0.470. The van der Waals surface area contributed by atoms with Gasteiger partial charge in [0.2, 0.25) is 5.89 Å². The van der Waals surface area contributed by atoms with Gasteiger partial charge in [0.25, 0.3) is 5.91 Å². The molecule has 32 heavy (non-hydrogen) atoms. The first-order valence-corrected chi connectivity index (χ1v) is 9.99. The highest BCUT2D eigenvalue weighted by atomic mass is 19.4. The fourth-order valence-electron chi connectivity index (χ4n) is 3.22. The molecule has 170 valence electrons. The maximum Gasteiger partial charge on any atom is 0.416 e. The number of carbonyl (C=O) groups is 1. The van der Waals surface area contributed by atoms with Crippen molar-refractivity contribution in [3.05, 3.63) is 89.1 Å². The number of aromatic nitrogens is 1. The van der Waals surface area contributed by atoms with E-state index in [-0.39, 0.29) is 30.2 Å². The molecule has 0 aliphatic carbocycles. The summed E-state index contributed by atoms with van der Waals surface area (Å²) in [5.74, 6) is -0.170. The normalized spacial score (nSPS) is 11.7. The number of amides is 1. The summed E-state index contributed by atoms with van der Waals surface area (Å²) in [5.41, 5.74) is 0.510. The van der Waals surface area contributed by atoms with Crippen LogP contribution in [-0.4, -0.2) is 36.1 Å². The van der Waals surface area contributed by atoms with E-state index in [2.05, 4.69) is 10.3 Å². The summed E-state index contributed by atoms with van der Waals surface area (Å²) in [5, 5.41) is 2.65. The van der Waals surface area contributed by atoms with Crippen molar-refractivity contribution in [1.82, 2.24) is 15.2 Å². The number of halogens is 3. The van der Waals surface area contributed by atoms with E-state index >= 15 is 0 Å². The van der Waals surface area contributed by atoms with Gasteiger partial charge in [-0.25, -0.2) is 4.98 Å². The Hall–Kier alpha value is -3.17. The van der Waals surface area contributed by atoms with Crippen LogP contribution in [-0.2, 0) is 30.5 Å². The highest BCUT2D eigenvalue weighted by molar-refractivity contribution is 5.91. The van der Waals surface area contributed by atoms with E-state index in [9.17, 15) is 18.0 Å². The Bertz CT molecular complexity index is 1010. The first-order chi connectivity index (χ1) is 15.4. The highest BCUT2D eigenvalue weighted by Gasteiger charge is 2.33. The number of benzene rings is 2. The molecule has 0 spiro atoms. The fourth-order valence-corrected chi connectivity index (χ4v) is 3.22. The molecule has 2 aromatic carbocycles. The summed E-state index contributed by atoms with van der Waals surface area (Å²) >= 11 is 0. The van der Waals surface area contributed by atoms with E-state index in [0.717, 1.165) is 11.6 Å². The smallest absolute Gasteiger partial charge is 0.416 e. The van der Waals surface area contributed by atoms with Crippen molar-refractivity contribution < 1.29 is 27.1 Å². The van der Waals surface area contributed by atoms with Crippen LogP contribution in [0.15, 0.2) is 65.3 Å². The Balaban J connectivity index is 1.78. The average molecular weight is 447 g/mol. The molecular formula is C23H24F3N3O3. The van der Waals surface area contributed by atoms with Crippen LogP contribution in [0.1, 0.15) is 33.1 Å². The summed E-state index contributed by atoms with van der Waals surface area (Å²) < 4.78 is 50.7. The number of ether oxygens (including phenoxy) is 1. The SMILES string of the molecule is COCCNC(=O)c1coc(CN(Cc2ccccc2)Cc2ccccc2C(F)(F)F)n1. The summed E-state index contributed by atoms with van der Waals surface area (Å²) in [4.78, 5) is 18.1. The van der Waals surface area contributed by atoms with E-state index in [1.165, 1.54) is 25.5 Å². The van der Waals surface area contributed by atoms with E-state index in [0.29, 0.717) is 19.7 Å². The maximum atomic E-state index is 13.5. The zero-order chi connectivity index (χ0) is 23.0. The van der Waals surface area contributed by atoms with Gasteiger partial charge in [-0.05, 0) is 17.2 Å². The molecule has 1 amide bonds. The molecule has 0 saturated heterocycles. The van der Waals surface area contributed by atoms with E-state index in [1.54, 1.807) is 11.0 Å². The molecule has 0 unspecified atom stereocenters. The third-order valence-electron chi connectivity index (χ3n) is 4.70. The van der Waals surface area contributed by atoms with E-state index in [1.807, 2.05) is 30.3 Å². The lowest BCUT2D eigenvalue weighted by Crippen LogP contribution is -2.27. The molecule has 0 aliphatic heterocycles. The average Bonchev–Trinajstić information content (AvgIpc) is 3.23. The Morgan fingerprint density at radius 1 is 1.06 bits per heavy atom. The van der Waals surface area contributed by atoms with Crippen LogP contribution in [0, 0.1) is 0 Å². The third-order valence-corrected chi connectivity index (χ3v) is 4.70. The Morgan fingerprint density at radius 3 is 2.50 bits per heavy atom. The Labute approximate surface area is 184 Å². The molecule has 3 rings (SSSR count). The van der Waals surface area contributed by atoms with Crippen molar-refractivity contribution in [2.45, 2.75) is 25.8 Å². The van der Waals surface area contributed by atoms with Crippen molar-refractivity contribution in [3.8, 4) is 0 Å². The van der Waals surface area contributed by atoms with Gasteiger partial charge in [0.15, 0.2) is 5.69 Å². The number of nitrogens with one attached hydrogen (secondary N) is 1. The number of hydrogen-bond donors (Lipinski definition) is 1. The zero-order valence-corrected chi connectivity index (χ0v) is 17.6. The van der Waals surface area contributed by atoms with Crippen LogP contribution in [0.5, 0.6) is 0 Å². The fraction of sp³-hybridized carbons (Fsp3) is 0.304. The summed E-state index contributed by atoms with van der Waals surface area (Å²) in [7, 11) is 1.53. The van der Waals surface area contributed by atoms with Crippen molar-refractivity contribution in [1.29, 1.82) is 0 Å². The second-order valence-electron chi connectivity index (χ2n) is 7.16. The number of carbonyl (C=O) groups excluding carboxylic acids is 1. The van der Waals surface area contributed by atoms with Crippen LogP contribution in [0.2, 0.25) is 0 Å². The molecule has 1 heterocycles. The Morgan fingerprint density at radius 2 is 1.78 bits per heavy atom. The Kier molecular flexibility index (Phi) is 8.02. The monoisotopic (exact) mass is 447 g/mol. The molecule has 1 aromatic heterocycles. The molecule has 3 aromatic rings. The predicted molar refractivity (Wildman–Crippen MR) is 112 cm³/mol. The molecule has 0 radical (unpaired) electrons. The van der Waals surface area contributed by atoms with Crippen molar-refractivity contribution in [2.24, 2.45) is 0 Å². The first-order valence-electron chi connectivity index (χ1n) is 9.99. The molecule has 9 heteroatoms. The molecular weight excluding hydrogens is 423 g/mol. The highest BCUT2D eigenvalue weighted by Crippen LogP contribution is 2.32. The van der Waals surface area contributed by atoms with Gasteiger partial charge in [0, 0.05) is 26.7 Å². The van der Waals surface area contributed by atoms with Crippen LogP contribution >= 0.6 is 0 Å². The maximum absolute atomic E-state index is 13.5. The third kappa shape index (κ3) is 6.66. The van der Waals surface area contributed by atoms with Gasteiger partial charge in [0.05, 0.1) is 18.7 Å². The van der Waals surface area contributed by atoms with Gasteiger partial charge >= 0.3 is 6.18 Å². The lowest BCUT2D eigenvalue weighted by molar-refractivity contribution is -0.138. The zero-order valence-electron chi connectivity index (χ0n) is 17.6. The molecule has 0 bridgehead atoms. The van der Waals surface area contributed by atoms with Crippen molar-refractivity contribution in [2.75, 3.05) is 20.3 Å². The first kappa shape index (κ1) is 23.5. The number of rotatable bonds is 10. The van der Waals surface area contributed by atoms with Crippen LogP contribution in [0.25, 0.3) is 0 Å². The van der Waals surface area contributed by atoms with Gasteiger partial charge in [0.1, 0.15) is 6.26 Å². The number of oxazole rings is 1. The minimum absolute atomic E-state index is 0.0301. The molecule has 0 aliphatic rings. The van der Waals surface area contributed by atoms with Crippen LogP contribution in [0.4, 0.5) is 13.2 Å². The predicted octanol–water partition coefficient (Wildman–Crippen LogP) is 4.27.